The summed E-state index contributed by atoms with van der Waals surface area (Å²) in [5.41, 5.74) is 14.4. The summed E-state index contributed by atoms with van der Waals surface area (Å²) in [6.07, 6.45) is 4.22. The minimum absolute atomic E-state index is 0.00267. The number of sulfonamides is 1. The third-order valence-corrected chi connectivity index (χ3v) is 8.36. The number of aliphatic imine (C=N–C) groups is 1. The van der Waals surface area contributed by atoms with Crippen molar-refractivity contribution in [3.05, 3.63) is 77.7 Å². The molecule has 1 saturated heterocycles. The van der Waals surface area contributed by atoms with E-state index in [1.54, 1.807) is 6.07 Å². The second kappa shape index (κ2) is 12.8. The van der Waals surface area contributed by atoms with Crippen LogP contribution < -0.4 is 27.2 Å². The van der Waals surface area contributed by atoms with Gasteiger partial charge in [0.15, 0.2) is 0 Å². The number of nitrogens with zero attached hydrogens (tertiary/aromatic N) is 4. The molecule has 0 radical (unpaired) electrons. The number of rotatable bonds is 10. The van der Waals surface area contributed by atoms with Crippen molar-refractivity contribution >= 4 is 56.3 Å². The number of aromatic nitrogens is 2. The molecule has 0 aliphatic carbocycles. The largest absolute Gasteiger partial charge is 0.457 e. The number of hydrogen-bond donors (Lipinski definition) is 6. The van der Waals surface area contributed by atoms with E-state index < -0.39 is 10.0 Å². The summed E-state index contributed by atoms with van der Waals surface area (Å²) in [4.78, 5) is 15.6. The normalized spacial score (nSPS) is 17.8. The van der Waals surface area contributed by atoms with Crippen molar-refractivity contribution in [2.75, 3.05) is 36.8 Å². The molecule has 5 rings (SSSR count). The number of primary sulfonamides is 1. The Balaban J connectivity index is 1.25. The van der Waals surface area contributed by atoms with Crippen molar-refractivity contribution in [3.8, 4) is 0 Å². The number of guanidine groups is 1. The lowest BCUT2D eigenvalue weighted by molar-refractivity contribution is 0.343. The molecule has 0 saturated carbocycles. The fourth-order valence-corrected chi connectivity index (χ4v) is 5.67. The van der Waals surface area contributed by atoms with Gasteiger partial charge in [-0.2, -0.15) is 9.98 Å². The Labute approximate surface area is 255 Å². The lowest BCUT2D eigenvalue weighted by Gasteiger charge is -2.17. The average Bonchev–Trinajstić information content (AvgIpc) is 3.57. The maximum atomic E-state index is 11.5. The van der Waals surface area contributed by atoms with Gasteiger partial charge in [-0.15, -0.1) is 0 Å². The van der Waals surface area contributed by atoms with E-state index >= 15 is 0 Å². The van der Waals surface area contributed by atoms with Crippen molar-refractivity contribution in [2.24, 2.45) is 33.4 Å². The van der Waals surface area contributed by atoms with E-state index in [-0.39, 0.29) is 22.6 Å². The summed E-state index contributed by atoms with van der Waals surface area (Å²) < 4.78 is 28.9. The summed E-state index contributed by atoms with van der Waals surface area (Å²) in [7, 11) is -3.79. The molecule has 2 aromatic carbocycles. The van der Waals surface area contributed by atoms with Crippen LogP contribution in [0.3, 0.4) is 0 Å². The highest BCUT2D eigenvalue weighted by Gasteiger charge is 2.30. The Bertz CT molecular complexity index is 1830. The van der Waals surface area contributed by atoms with Crippen LogP contribution in [0.5, 0.6) is 0 Å². The maximum absolute atomic E-state index is 11.5. The van der Waals surface area contributed by atoms with Crippen molar-refractivity contribution in [1.82, 2.24) is 14.9 Å². The zero-order valence-corrected chi connectivity index (χ0v) is 25.3. The second-order valence-electron chi connectivity index (χ2n) is 10.7. The summed E-state index contributed by atoms with van der Waals surface area (Å²) in [5.74, 6) is 2.28. The van der Waals surface area contributed by atoms with E-state index in [1.807, 2.05) is 37.3 Å². The monoisotopic (exact) mass is 616 g/mol. The standard InChI is InChI=1S/C30H36N10O3S/c1-3-40-16-20(4-8-24-14-21-13-19(28(31)32)5-11-26(21)43-24)22(17-40)15-35-27-12-18(2)36-30(38-27)39-29(33)37-23-6-9-25(10-7-23)44(34,41)42/h4-14,20,22H,3,15-17H2,1-2H3,(H3,31,32)(H2,34,41,42)(H4,33,35,36,37,38,39). The van der Waals surface area contributed by atoms with Gasteiger partial charge in [-0.05, 0) is 79.9 Å². The molecule has 0 bridgehead atoms. The topological polar surface area (TPSA) is 215 Å². The second-order valence-corrected chi connectivity index (χ2v) is 12.3. The van der Waals surface area contributed by atoms with Gasteiger partial charge < -0.3 is 31.4 Å². The number of nitrogen functional groups attached to an aromatic ring is 1. The van der Waals surface area contributed by atoms with E-state index in [0.717, 1.165) is 42.1 Å². The van der Waals surface area contributed by atoms with Gasteiger partial charge in [0.05, 0.1) is 4.90 Å². The molecule has 13 nitrogen and oxygen atoms in total. The van der Waals surface area contributed by atoms with E-state index in [1.165, 1.54) is 24.3 Å². The number of nitrogens with two attached hydrogens (primary N) is 3. The van der Waals surface area contributed by atoms with Gasteiger partial charge in [0, 0.05) is 48.0 Å². The molecule has 9 N–H and O–H groups in total. The van der Waals surface area contributed by atoms with Gasteiger partial charge in [0.1, 0.15) is 23.0 Å². The van der Waals surface area contributed by atoms with Gasteiger partial charge >= 0.3 is 0 Å². The highest BCUT2D eigenvalue weighted by atomic mass is 32.2. The molecule has 0 spiro atoms. The molecule has 4 aromatic rings. The minimum atomic E-state index is -3.79. The first kappa shape index (κ1) is 30.7. The molecule has 0 amide bonds. The lowest BCUT2D eigenvalue weighted by atomic mass is 9.95. The molecule has 1 aliphatic rings. The third-order valence-electron chi connectivity index (χ3n) is 7.43. The van der Waals surface area contributed by atoms with Gasteiger partial charge in [-0.1, -0.05) is 13.0 Å². The Morgan fingerprint density at radius 2 is 1.91 bits per heavy atom. The number of benzene rings is 2. The van der Waals surface area contributed by atoms with Crippen LogP contribution >= 0.6 is 0 Å². The molecule has 44 heavy (non-hydrogen) atoms. The molecule has 230 valence electrons. The van der Waals surface area contributed by atoms with Gasteiger partial charge in [0.25, 0.3) is 5.95 Å². The van der Waals surface area contributed by atoms with Crippen LogP contribution in [0.4, 0.5) is 17.5 Å². The molecule has 2 atom stereocenters. The Morgan fingerprint density at radius 3 is 2.61 bits per heavy atom. The van der Waals surface area contributed by atoms with Gasteiger partial charge in [-0.25, -0.2) is 18.5 Å². The fourth-order valence-electron chi connectivity index (χ4n) is 5.15. The van der Waals surface area contributed by atoms with Gasteiger partial charge in [0.2, 0.25) is 16.0 Å². The van der Waals surface area contributed by atoms with Crippen molar-refractivity contribution in [2.45, 2.75) is 18.7 Å². The number of furan rings is 1. The molecule has 2 aromatic heterocycles. The first-order valence-corrected chi connectivity index (χ1v) is 15.6. The maximum Gasteiger partial charge on any atom is 0.254 e. The minimum Gasteiger partial charge on any atom is -0.457 e. The molecular weight excluding hydrogens is 580 g/mol. The Kier molecular flexibility index (Phi) is 8.94. The van der Waals surface area contributed by atoms with Gasteiger partial charge in [-0.3, -0.25) is 5.41 Å². The first-order valence-electron chi connectivity index (χ1n) is 14.1. The van der Waals surface area contributed by atoms with Crippen LogP contribution in [0, 0.1) is 24.2 Å². The van der Waals surface area contributed by atoms with E-state index in [9.17, 15) is 8.42 Å². The van der Waals surface area contributed by atoms with Crippen LogP contribution in [-0.2, 0) is 10.0 Å². The van der Waals surface area contributed by atoms with Crippen LogP contribution in [0.25, 0.3) is 17.0 Å². The molecule has 14 heteroatoms. The average molecular weight is 617 g/mol. The van der Waals surface area contributed by atoms with E-state index in [0.29, 0.717) is 35.4 Å². The van der Waals surface area contributed by atoms with E-state index in [4.69, 9.17) is 26.4 Å². The molecule has 3 heterocycles. The molecule has 1 fully saturated rings. The van der Waals surface area contributed by atoms with E-state index in [2.05, 4.69) is 43.5 Å². The SMILES string of the molecule is CCN1CC(C=Cc2cc3cc(C(=N)N)ccc3o2)C(CNc2cc(C)nc(/N=C(\N)Nc3ccc(S(N)(=O)=O)cc3)n2)C1. The number of anilines is 2. The molecular formula is C30H36N10O3S. The predicted molar refractivity (Wildman–Crippen MR) is 173 cm³/mol. The summed E-state index contributed by atoms with van der Waals surface area (Å²) in [6, 6.07) is 15.1. The fraction of sp³-hybridized carbons (Fsp3) is 0.267. The van der Waals surface area contributed by atoms with Crippen molar-refractivity contribution < 1.29 is 12.8 Å². The number of likely N-dealkylation sites (tertiary alicyclic amines) is 1. The van der Waals surface area contributed by atoms with Crippen molar-refractivity contribution in [1.29, 1.82) is 5.41 Å². The number of fused-ring (bicyclic) bond motifs is 1. The summed E-state index contributed by atoms with van der Waals surface area (Å²) in [5, 5.41) is 20.1. The zero-order valence-electron chi connectivity index (χ0n) is 24.5. The Hall–Kier alpha value is -4.79. The Morgan fingerprint density at radius 1 is 1.14 bits per heavy atom. The van der Waals surface area contributed by atoms with Crippen molar-refractivity contribution in [3.63, 3.8) is 0 Å². The van der Waals surface area contributed by atoms with Crippen LogP contribution in [0.1, 0.15) is 23.9 Å². The molecule has 1 aliphatic heterocycles. The number of nitrogens with one attached hydrogen (secondary N) is 3. The quantitative estimate of drug-likeness (QED) is 0.113. The summed E-state index contributed by atoms with van der Waals surface area (Å²) in [6.45, 7) is 7.55. The van der Waals surface area contributed by atoms with Crippen LogP contribution in [0.15, 0.2) is 75.0 Å². The number of amidine groups is 1. The zero-order chi connectivity index (χ0) is 31.4. The number of hydrogen-bond acceptors (Lipinski definition) is 9. The predicted octanol–water partition coefficient (Wildman–Crippen LogP) is 3.21. The third kappa shape index (κ3) is 7.58. The van der Waals surface area contributed by atoms with Crippen LogP contribution in [0.2, 0.25) is 0 Å². The number of aryl methyl sites for hydroxylation is 1. The lowest BCUT2D eigenvalue weighted by Crippen LogP contribution is -2.23. The summed E-state index contributed by atoms with van der Waals surface area (Å²) >= 11 is 0. The smallest absolute Gasteiger partial charge is 0.254 e. The van der Waals surface area contributed by atoms with Crippen LogP contribution in [-0.4, -0.2) is 61.3 Å². The highest BCUT2D eigenvalue weighted by Crippen LogP contribution is 2.28. The first-order chi connectivity index (χ1) is 21.0. The molecule has 2 unspecified atom stereocenters. The highest BCUT2D eigenvalue weighted by molar-refractivity contribution is 7.89.